The Morgan fingerprint density at radius 1 is 1.45 bits per heavy atom. The second kappa shape index (κ2) is 6.44. The van der Waals surface area contributed by atoms with Crippen LogP contribution in [-0.2, 0) is 6.54 Å². The van der Waals surface area contributed by atoms with E-state index in [-0.39, 0.29) is 17.4 Å². The Hall–Kier alpha value is -1.29. The molecule has 1 atom stereocenters. The van der Waals surface area contributed by atoms with E-state index >= 15 is 0 Å². The molecular formula is C16H28N2O2. The molecule has 0 aromatic carbocycles. The number of aliphatic hydroxyl groups excluding tert-OH is 1. The van der Waals surface area contributed by atoms with E-state index in [0.29, 0.717) is 13.0 Å². The minimum absolute atomic E-state index is 0.0310. The third-order valence-electron chi connectivity index (χ3n) is 3.71. The van der Waals surface area contributed by atoms with Gasteiger partial charge in [-0.05, 0) is 45.6 Å². The van der Waals surface area contributed by atoms with Crippen molar-refractivity contribution in [2.75, 3.05) is 6.54 Å². The lowest BCUT2D eigenvalue weighted by atomic mass is 9.87. The zero-order chi connectivity index (χ0) is 15.5. The predicted molar refractivity (Wildman–Crippen MR) is 82.0 cm³/mol. The molecule has 0 radical (unpaired) electrons. The number of nitrogens with zero attached hydrogens (tertiary/aromatic N) is 1. The maximum absolute atomic E-state index is 12.3. The van der Waals surface area contributed by atoms with Crippen LogP contribution in [0.25, 0.3) is 0 Å². The Bertz CT molecular complexity index is 473. The molecule has 1 aromatic heterocycles. The first-order chi connectivity index (χ1) is 9.18. The molecule has 0 aliphatic rings. The zero-order valence-electron chi connectivity index (χ0n) is 13.6. The van der Waals surface area contributed by atoms with Crippen LogP contribution < -0.4 is 5.32 Å². The highest BCUT2D eigenvalue weighted by atomic mass is 16.3. The lowest BCUT2D eigenvalue weighted by Gasteiger charge is -2.26. The smallest absolute Gasteiger partial charge is 0.253 e. The summed E-state index contributed by atoms with van der Waals surface area (Å²) in [5, 5.41) is 12.5. The average molecular weight is 280 g/mol. The molecule has 0 aliphatic carbocycles. The van der Waals surface area contributed by atoms with E-state index in [4.69, 9.17) is 0 Å². The van der Waals surface area contributed by atoms with E-state index < -0.39 is 0 Å². The summed E-state index contributed by atoms with van der Waals surface area (Å²) in [7, 11) is 0. The minimum atomic E-state index is -0.355. The van der Waals surface area contributed by atoms with Crippen LogP contribution in [0.5, 0.6) is 0 Å². The predicted octanol–water partition coefficient (Wildman–Crippen LogP) is 2.65. The van der Waals surface area contributed by atoms with Gasteiger partial charge in [0.05, 0.1) is 11.7 Å². The maximum Gasteiger partial charge on any atom is 0.253 e. The van der Waals surface area contributed by atoms with Crippen molar-refractivity contribution >= 4 is 5.91 Å². The molecule has 2 N–H and O–H groups in total. The van der Waals surface area contributed by atoms with E-state index in [1.165, 1.54) is 0 Å². The first-order valence-corrected chi connectivity index (χ1v) is 7.31. The van der Waals surface area contributed by atoms with Crippen LogP contribution in [0.4, 0.5) is 0 Å². The Balaban J connectivity index is 2.73. The number of amides is 1. The third-order valence-corrected chi connectivity index (χ3v) is 3.71. The number of hydrogen-bond acceptors (Lipinski definition) is 2. The second-order valence-electron chi connectivity index (χ2n) is 6.43. The van der Waals surface area contributed by atoms with Crippen LogP contribution in [0.2, 0.25) is 0 Å². The SMILES string of the molecule is CCn1c(C)cc(C(=O)NCC(C)(C)CC(C)O)c1C. The van der Waals surface area contributed by atoms with E-state index in [2.05, 4.69) is 30.7 Å². The quantitative estimate of drug-likeness (QED) is 0.841. The highest BCUT2D eigenvalue weighted by Crippen LogP contribution is 2.22. The monoisotopic (exact) mass is 280 g/mol. The van der Waals surface area contributed by atoms with Gasteiger partial charge in [0, 0.05) is 24.5 Å². The van der Waals surface area contributed by atoms with Crippen molar-refractivity contribution in [3.63, 3.8) is 0 Å². The largest absolute Gasteiger partial charge is 0.393 e. The number of rotatable bonds is 6. The number of carbonyl (C=O) groups is 1. The van der Waals surface area contributed by atoms with Gasteiger partial charge in [-0.3, -0.25) is 4.79 Å². The Labute approximate surface area is 122 Å². The second-order valence-corrected chi connectivity index (χ2v) is 6.43. The summed E-state index contributed by atoms with van der Waals surface area (Å²) in [6, 6.07) is 1.94. The molecule has 1 heterocycles. The normalized spacial score (nSPS) is 13.3. The van der Waals surface area contributed by atoms with Gasteiger partial charge in [0.25, 0.3) is 5.91 Å². The molecule has 0 aliphatic heterocycles. The standard InChI is InChI=1S/C16H28N2O2/c1-7-18-11(2)8-14(13(18)4)15(20)17-10-16(5,6)9-12(3)19/h8,12,19H,7,9-10H2,1-6H3,(H,17,20). The average Bonchev–Trinajstić information content (AvgIpc) is 2.60. The van der Waals surface area contributed by atoms with Crippen molar-refractivity contribution in [1.29, 1.82) is 0 Å². The minimum Gasteiger partial charge on any atom is -0.393 e. The molecule has 114 valence electrons. The molecule has 0 bridgehead atoms. The number of nitrogens with one attached hydrogen (secondary N) is 1. The molecule has 0 spiro atoms. The summed E-state index contributed by atoms with van der Waals surface area (Å²) in [6.45, 7) is 13.4. The molecular weight excluding hydrogens is 252 g/mol. The molecule has 4 nitrogen and oxygen atoms in total. The fraction of sp³-hybridized carbons (Fsp3) is 0.688. The molecule has 1 unspecified atom stereocenters. The van der Waals surface area contributed by atoms with Crippen LogP contribution in [0.3, 0.4) is 0 Å². The molecule has 1 rings (SSSR count). The summed E-state index contributed by atoms with van der Waals surface area (Å²) in [5.41, 5.74) is 2.76. The lowest BCUT2D eigenvalue weighted by Crippen LogP contribution is -2.35. The van der Waals surface area contributed by atoms with E-state index in [9.17, 15) is 9.90 Å². The van der Waals surface area contributed by atoms with Gasteiger partial charge in [-0.1, -0.05) is 13.8 Å². The highest BCUT2D eigenvalue weighted by Gasteiger charge is 2.22. The van der Waals surface area contributed by atoms with Crippen molar-refractivity contribution < 1.29 is 9.90 Å². The van der Waals surface area contributed by atoms with Gasteiger partial charge in [-0.2, -0.15) is 0 Å². The number of aromatic nitrogens is 1. The summed E-state index contributed by atoms with van der Waals surface area (Å²) in [4.78, 5) is 12.3. The zero-order valence-corrected chi connectivity index (χ0v) is 13.6. The summed E-state index contributed by atoms with van der Waals surface area (Å²) in [6.07, 6.45) is 0.313. The summed E-state index contributed by atoms with van der Waals surface area (Å²) < 4.78 is 2.13. The molecule has 1 aromatic rings. The number of aryl methyl sites for hydroxylation is 1. The molecule has 0 saturated heterocycles. The molecule has 20 heavy (non-hydrogen) atoms. The topological polar surface area (TPSA) is 54.3 Å². The Morgan fingerprint density at radius 3 is 2.50 bits per heavy atom. The number of hydrogen-bond donors (Lipinski definition) is 2. The van der Waals surface area contributed by atoms with E-state index in [1.54, 1.807) is 6.92 Å². The van der Waals surface area contributed by atoms with Gasteiger partial charge in [-0.25, -0.2) is 0 Å². The van der Waals surface area contributed by atoms with Gasteiger partial charge in [0.15, 0.2) is 0 Å². The first kappa shape index (κ1) is 16.8. The van der Waals surface area contributed by atoms with Crippen molar-refractivity contribution in [1.82, 2.24) is 9.88 Å². The van der Waals surface area contributed by atoms with E-state index in [1.807, 2.05) is 19.9 Å². The highest BCUT2D eigenvalue weighted by molar-refractivity contribution is 5.95. The van der Waals surface area contributed by atoms with Gasteiger partial charge in [0.1, 0.15) is 0 Å². The van der Waals surface area contributed by atoms with Gasteiger partial charge in [0.2, 0.25) is 0 Å². The molecule has 0 fully saturated rings. The Kier molecular flexibility index (Phi) is 5.40. The molecule has 4 heteroatoms. The molecule has 1 amide bonds. The van der Waals surface area contributed by atoms with E-state index in [0.717, 1.165) is 23.5 Å². The number of carbonyl (C=O) groups excluding carboxylic acids is 1. The van der Waals surface area contributed by atoms with Crippen LogP contribution in [0.1, 0.15) is 55.9 Å². The first-order valence-electron chi connectivity index (χ1n) is 7.31. The van der Waals surface area contributed by atoms with Crippen LogP contribution in [0.15, 0.2) is 6.07 Å². The lowest BCUT2D eigenvalue weighted by molar-refractivity contribution is 0.0901. The van der Waals surface area contributed by atoms with Crippen molar-refractivity contribution in [2.45, 2.75) is 60.6 Å². The Morgan fingerprint density at radius 2 is 2.05 bits per heavy atom. The molecule has 0 saturated carbocycles. The fourth-order valence-corrected chi connectivity index (χ4v) is 2.80. The summed E-state index contributed by atoms with van der Waals surface area (Å²) in [5.74, 6) is -0.0310. The summed E-state index contributed by atoms with van der Waals surface area (Å²) >= 11 is 0. The van der Waals surface area contributed by atoms with Gasteiger partial charge in [-0.15, -0.1) is 0 Å². The fourth-order valence-electron chi connectivity index (χ4n) is 2.80. The van der Waals surface area contributed by atoms with Crippen molar-refractivity contribution in [2.24, 2.45) is 5.41 Å². The van der Waals surface area contributed by atoms with Crippen molar-refractivity contribution in [3.05, 3.63) is 23.0 Å². The van der Waals surface area contributed by atoms with Crippen LogP contribution in [-0.4, -0.2) is 28.2 Å². The number of aliphatic hydroxyl groups is 1. The van der Waals surface area contributed by atoms with Crippen molar-refractivity contribution in [3.8, 4) is 0 Å². The third kappa shape index (κ3) is 4.10. The maximum atomic E-state index is 12.3. The van der Waals surface area contributed by atoms with Gasteiger partial charge < -0.3 is 15.0 Å². The van der Waals surface area contributed by atoms with Crippen LogP contribution in [0, 0.1) is 19.3 Å². The van der Waals surface area contributed by atoms with Crippen LogP contribution >= 0.6 is 0 Å². The van der Waals surface area contributed by atoms with Gasteiger partial charge >= 0.3 is 0 Å².